The van der Waals surface area contributed by atoms with Crippen molar-refractivity contribution in [3.63, 3.8) is 0 Å². The van der Waals surface area contributed by atoms with Crippen LogP contribution >= 0.6 is 0 Å². The van der Waals surface area contributed by atoms with Gasteiger partial charge in [-0.15, -0.1) is 0 Å². The SMILES string of the molecule is C=C(C)c1c(Cc2cccc(C(F)(F)F)n2)cc(F)cc1Nc1ccc(C)cc1F. The van der Waals surface area contributed by atoms with Crippen LogP contribution in [-0.4, -0.2) is 4.98 Å². The number of nitrogens with one attached hydrogen (secondary N) is 1. The Labute approximate surface area is 171 Å². The number of hydrogen-bond acceptors (Lipinski definition) is 2. The summed E-state index contributed by atoms with van der Waals surface area (Å²) < 4.78 is 67.5. The number of pyridine rings is 1. The van der Waals surface area contributed by atoms with Gasteiger partial charge in [-0.1, -0.05) is 18.7 Å². The lowest BCUT2D eigenvalue weighted by Gasteiger charge is -2.18. The molecule has 0 saturated carbocycles. The Kier molecular flexibility index (Phi) is 5.92. The van der Waals surface area contributed by atoms with Crippen LogP contribution in [0.15, 0.2) is 55.1 Å². The number of halogens is 5. The number of allylic oxidation sites excluding steroid dienone is 1. The van der Waals surface area contributed by atoms with E-state index in [0.29, 0.717) is 16.7 Å². The number of nitrogens with zero attached hydrogens (tertiary/aromatic N) is 1. The molecule has 0 radical (unpaired) electrons. The molecule has 3 rings (SSSR count). The Hall–Kier alpha value is -3.22. The molecule has 1 N–H and O–H groups in total. The second kappa shape index (κ2) is 8.26. The fourth-order valence-corrected chi connectivity index (χ4v) is 3.20. The number of benzene rings is 2. The molecule has 0 aliphatic heterocycles. The summed E-state index contributed by atoms with van der Waals surface area (Å²) in [5, 5.41) is 2.88. The first-order chi connectivity index (χ1) is 14.0. The average molecular weight is 418 g/mol. The van der Waals surface area contributed by atoms with E-state index in [1.54, 1.807) is 19.9 Å². The van der Waals surface area contributed by atoms with Crippen LogP contribution < -0.4 is 5.32 Å². The van der Waals surface area contributed by atoms with Crippen LogP contribution in [-0.2, 0) is 12.6 Å². The van der Waals surface area contributed by atoms with Crippen molar-refractivity contribution in [3.8, 4) is 0 Å². The van der Waals surface area contributed by atoms with Crippen molar-refractivity contribution in [2.75, 3.05) is 5.32 Å². The van der Waals surface area contributed by atoms with Gasteiger partial charge in [0.05, 0.1) is 5.69 Å². The average Bonchev–Trinajstić information content (AvgIpc) is 2.63. The summed E-state index contributed by atoms with van der Waals surface area (Å²) in [6, 6.07) is 10.6. The largest absolute Gasteiger partial charge is 0.433 e. The maximum atomic E-state index is 14.3. The van der Waals surface area contributed by atoms with E-state index in [1.165, 1.54) is 36.4 Å². The molecule has 3 aromatic rings. The van der Waals surface area contributed by atoms with Crippen molar-refractivity contribution in [1.29, 1.82) is 0 Å². The van der Waals surface area contributed by atoms with Gasteiger partial charge in [-0.25, -0.2) is 13.8 Å². The highest BCUT2D eigenvalue weighted by molar-refractivity contribution is 5.80. The number of anilines is 2. The summed E-state index contributed by atoms with van der Waals surface area (Å²) in [5.74, 6) is -1.12. The van der Waals surface area contributed by atoms with Gasteiger partial charge in [-0.2, -0.15) is 13.2 Å². The minimum Gasteiger partial charge on any atom is -0.353 e. The van der Waals surface area contributed by atoms with Crippen molar-refractivity contribution in [3.05, 3.63) is 94.8 Å². The highest BCUT2D eigenvalue weighted by Gasteiger charge is 2.32. The second-order valence-electron chi connectivity index (χ2n) is 7.06. The molecule has 0 unspecified atom stereocenters. The molecule has 0 bridgehead atoms. The molecule has 0 fully saturated rings. The highest BCUT2D eigenvalue weighted by atomic mass is 19.4. The van der Waals surface area contributed by atoms with Gasteiger partial charge >= 0.3 is 6.18 Å². The molecule has 156 valence electrons. The van der Waals surface area contributed by atoms with Gasteiger partial charge < -0.3 is 5.32 Å². The zero-order valence-corrected chi connectivity index (χ0v) is 16.4. The molecule has 30 heavy (non-hydrogen) atoms. The Morgan fingerprint density at radius 3 is 2.40 bits per heavy atom. The normalized spacial score (nSPS) is 11.4. The number of aryl methyl sites for hydroxylation is 1. The smallest absolute Gasteiger partial charge is 0.353 e. The minimum atomic E-state index is -4.58. The molecule has 1 heterocycles. The third kappa shape index (κ3) is 4.84. The molecule has 1 aromatic heterocycles. The van der Waals surface area contributed by atoms with Gasteiger partial charge in [0.2, 0.25) is 0 Å². The zero-order valence-electron chi connectivity index (χ0n) is 16.4. The standard InChI is InChI=1S/C23H19F5N2/c1-13(2)22-15(11-17-5-4-6-21(29-17)23(26,27)28)10-16(24)12-20(22)30-19-8-7-14(3)9-18(19)25/h4-10,12,30H,1,11H2,2-3H3. The molecular formula is C23H19F5N2. The Balaban J connectivity index is 2.04. The molecule has 7 heteroatoms. The molecule has 0 aliphatic carbocycles. The number of aromatic nitrogens is 1. The minimum absolute atomic E-state index is 0.0467. The van der Waals surface area contributed by atoms with Crippen molar-refractivity contribution >= 4 is 16.9 Å². The summed E-state index contributed by atoms with van der Waals surface area (Å²) in [4.78, 5) is 3.65. The van der Waals surface area contributed by atoms with Gasteiger partial charge in [-0.3, -0.25) is 0 Å². The predicted octanol–water partition coefficient (Wildman–Crippen LogP) is 7.05. The Morgan fingerprint density at radius 1 is 1.03 bits per heavy atom. The van der Waals surface area contributed by atoms with Crippen molar-refractivity contribution < 1.29 is 22.0 Å². The van der Waals surface area contributed by atoms with E-state index in [2.05, 4.69) is 16.9 Å². The lowest BCUT2D eigenvalue weighted by Crippen LogP contribution is -2.10. The van der Waals surface area contributed by atoms with Gasteiger partial charge in [0, 0.05) is 23.4 Å². The van der Waals surface area contributed by atoms with Crippen molar-refractivity contribution in [2.24, 2.45) is 0 Å². The molecule has 0 aliphatic rings. The summed E-state index contributed by atoms with van der Waals surface area (Å²) in [5.41, 5.74) is 1.70. The van der Waals surface area contributed by atoms with E-state index in [0.717, 1.165) is 11.6 Å². The number of alkyl halides is 3. The molecular weight excluding hydrogens is 399 g/mol. The first kappa shape index (κ1) is 21.5. The first-order valence-corrected chi connectivity index (χ1v) is 9.09. The monoisotopic (exact) mass is 418 g/mol. The Bertz CT molecular complexity index is 1100. The topological polar surface area (TPSA) is 24.9 Å². The van der Waals surface area contributed by atoms with E-state index in [4.69, 9.17) is 0 Å². The van der Waals surface area contributed by atoms with Gasteiger partial charge in [0.25, 0.3) is 0 Å². The molecule has 0 spiro atoms. The van der Waals surface area contributed by atoms with Gasteiger partial charge in [0.15, 0.2) is 0 Å². The molecule has 2 nitrogen and oxygen atoms in total. The molecule has 2 aromatic carbocycles. The fourth-order valence-electron chi connectivity index (χ4n) is 3.20. The fraction of sp³-hybridized carbons (Fsp3) is 0.174. The van der Waals surface area contributed by atoms with Crippen molar-refractivity contribution in [2.45, 2.75) is 26.4 Å². The van der Waals surface area contributed by atoms with E-state index in [9.17, 15) is 22.0 Å². The summed E-state index contributed by atoms with van der Waals surface area (Å²) in [6.45, 7) is 7.33. The molecule has 0 atom stereocenters. The zero-order chi connectivity index (χ0) is 22.1. The third-order valence-corrected chi connectivity index (χ3v) is 4.47. The first-order valence-electron chi connectivity index (χ1n) is 9.09. The lowest BCUT2D eigenvalue weighted by molar-refractivity contribution is -0.141. The van der Waals surface area contributed by atoms with Crippen LogP contribution in [0.3, 0.4) is 0 Å². The van der Waals surface area contributed by atoms with Gasteiger partial charge in [-0.05, 0) is 66.9 Å². The van der Waals surface area contributed by atoms with Crippen LogP contribution in [0.5, 0.6) is 0 Å². The van der Waals surface area contributed by atoms with E-state index in [-0.39, 0.29) is 23.5 Å². The quantitative estimate of drug-likeness (QED) is 0.449. The summed E-state index contributed by atoms with van der Waals surface area (Å²) in [6.07, 6.45) is -4.63. The predicted molar refractivity (Wildman–Crippen MR) is 108 cm³/mol. The lowest BCUT2D eigenvalue weighted by atomic mass is 9.95. The van der Waals surface area contributed by atoms with Gasteiger partial charge in [0.1, 0.15) is 17.3 Å². The molecule has 0 amide bonds. The van der Waals surface area contributed by atoms with E-state index >= 15 is 0 Å². The molecule has 0 saturated heterocycles. The third-order valence-electron chi connectivity index (χ3n) is 4.47. The van der Waals surface area contributed by atoms with Crippen LogP contribution in [0.25, 0.3) is 5.57 Å². The maximum absolute atomic E-state index is 14.3. The van der Waals surface area contributed by atoms with Crippen LogP contribution in [0.1, 0.15) is 35.0 Å². The number of hydrogen-bond donors (Lipinski definition) is 1. The van der Waals surface area contributed by atoms with Crippen LogP contribution in [0.4, 0.5) is 33.3 Å². The second-order valence-corrected chi connectivity index (χ2v) is 7.06. The summed E-state index contributed by atoms with van der Waals surface area (Å²) >= 11 is 0. The highest BCUT2D eigenvalue weighted by Crippen LogP contribution is 2.33. The van der Waals surface area contributed by atoms with Crippen molar-refractivity contribution in [1.82, 2.24) is 4.98 Å². The summed E-state index contributed by atoms with van der Waals surface area (Å²) in [7, 11) is 0. The van der Waals surface area contributed by atoms with E-state index < -0.39 is 23.5 Å². The number of rotatable bonds is 5. The maximum Gasteiger partial charge on any atom is 0.433 e. The Morgan fingerprint density at radius 2 is 1.77 bits per heavy atom. The van der Waals surface area contributed by atoms with E-state index in [1.807, 2.05) is 0 Å². The van der Waals surface area contributed by atoms with Crippen LogP contribution in [0.2, 0.25) is 0 Å². The van der Waals surface area contributed by atoms with Crippen LogP contribution in [0, 0.1) is 18.6 Å².